The maximum atomic E-state index is 13.1. The van der Waals surface area contributed by atoms with Gasteiger partial charge in [-0.2, -0.15) is 4.31 Å². The lowest BCUT2D eigenvalue weighted by atomic mass is 9.96. The zero-order valence-corrected chi connectivity index (χ0v) is 16.6. The van der Waals surface area contributed by atoms with E-state index in [0.717, 1.165) is 0 Å². The molecular formula is C18H25N3O6S. The second-order valence-corrected chi connectivity index (χ2v) is 8.76. The van der Waals surface area contributed by atoms with E-state index in [2.05, 4.69) is 0 Å². The number of nitrogens with two attached hydrogens (primary N) is 1. The number of rotatable bonds is 5. The lowest BCUT2D eigenvalue weighted by molar-refractivity contribution is -0.123. The average Bonchev–Trinajstić information content (AvgIpc) is 2.73. The third-order valence-corrected chi connectivity index (χ3v) is 7.10. The number of morpholine rings is 1. The second-order valence-electron chi connectivity index (χ2n) is 6.85. The number of methoxy groups -OCH3 is 1. The van der Waals surface area contributed by atoms with Crippen LogP contribution in [0, 0.1) is 5.92 Å². The van der Waals surface area contributed by atoms with Gasteiger partial charge in [-0.05, 0) is 31.0 Å². The first-order valence-electron chi connectivity index (χ1n) is 9.19. The molecule has 0 radical (unpaired) electrons. The van der Waals surface area contributed by atoms with Crippen LogP contribution in [0.1, 0.15) is 23.2 Å². The summed E-state index contributed by atoms with van der Waals surface area (Å²) in [5.74, 6) is -0.660. The molecule has 0 unspecified atom stereocenters. The zero-order valence-electron chi connectivity index (χ0n) is 15.8. The Bertz CT molecular complexity index is 843. The summed E-state index contributed by atoms with van der Waals surface area (Å²) >= 11 is 0. The summed E-state index contributed by atoms with van der Waals surface area (Å²) in [6.45, 7) is 1.98. The number of piperidine rings is 1. The normalized spacial score (nSPS) is 19.4. The van der Waals surface area contributed by atoms with Gasteiger partial charge in [0, 0.05) is 37.7 Å². The van der Waals surface area contributed by atoms with Crippen molar-refractivity contribution < 1.29 is 27.5 Å². The number of hydrogen-bond acceptors (Lipinski definition) is 6. The molecule has 2 heterocycles. The molecule has 0 aromatic heterocycles. The first-order valence-corrected chi connectivity index (χ1v) is 10.6. The Morgan fingerprint density at radius 3 is 2.36 bits per heavy atom. The lowest BCUT2D eigenvalue weighted by Gasteiger charge is -2.31. The Kier molecular flexibility index (Phi) is 6.21. The number of hydrogen-bond donors (Lipinski definition) is 1. The molecule has 2 fully saturated rings. The van der Waals surface area contributed by atoms with Crippen molar-refractivity contribution in [3.63, 3.8) is 0 Å². The topological polar surface area (TPSA) is 119 Å². The standard InChI is InChI=1S/C18H25N3O6S/c1-26-15-3-2-14(18(23)20-6-4-13(5-7-20)17(19)22)12-16(15)28(24,25)21-8-10-27-11-9-21/h2-3,12-13H,4-11H2,1H3,(H2,19,22). The van der Waals surface area contributed by atoms with E-state index in [1.165, 1.54) is 23.5 Å². The number of likely N-dealkylation sites (tertiary alicyclic amines) is 1. The van der Waals surface area contributed by atoms with Crippen LogP contribution in [0.2, 0.25) is 0 Å². The first kappa shape index (κ1) is 20.6. The highest BCUT2D eigenvalue weighted by molar-refractivity contribution is 7.89. The summed E-state index contributed by atoms with van der Waals surface area (Å²) in [6.07, 6.45) is 1.02. The maximum absolute atomic E-state index is 13.1. The Balaban J connectivity index is 1.84. The Morgan fingerprint density at radius 1 is 1.14 bits per heavy atom. The quantitative estimate of drug-likeness (QED) is 0.731. The minimum absolute atomic E-state index is 0.0326. The summed E-state index contributed by atoms with van der Waals surface area (Å²) in [4.78, 5) is 25.8. The van der Waals surface area contributed by atoms with Crippen LogP contribution in [0.25, 0.3) is 0 Å². The number of carbonyl (C=O) groups excluding carboxylic acids is 2. The summed E-state index contributed by atoms with van der Waals surface area (Å²) in [7, 11) is -2.42. The SMILES string of the molecule is COc1ccc(C(=O)N2CCC(C(N)=O)CC2)cc1S(=O)(=O)N1CCOCC1. The molecular weight excluding hydrogens is 386 g/mol. The van der Waals surface area contributed by atoms with E-state index in [9.17, 15) is 18.0 Å². The van der Waals surface area contributed by atoms with E-state index in [4.69, 9.17) is 15.2 Å². The summed E-state index contributed by atoms with van der Waals surface area (Å²) in [5.41, 5.74) is 5.60. The van der Waals surface area contributed by atoms with Crippen LogP contribution in [0.3, 0.4) is 0 Å². The lowest BCUT2D eigenvalue weighted by Crippen LogP contribution is -2.42. The fraction of sp³-hybridized carbons (Fsp3) is 0.556. The van der Waals surface area contributed by atoms with Crippen LogP contribution >= 0.6 is 0 Å². The molecule has 2 N–H and O–H groups in total. The number of ether oxygens (including phenoxy) is 2. The average molecular weight is 411 g/mol. The van der Waals surface area contributed by atoms with Crippen molar-refractivity contribution in [3.8, 4) is 5.75 Å². The molecule has 10 heteroatoms. The van der Waals surface area contributed by atoms with Gasteiger partial charge >= 0.3 is 0 Å². The van der Waals surface area contributed by atoms with Crippen LogP contribution < -0.4 is 10.5 Å². The van der Waals surface area contributed by atoms with E-state index in [0.29, 0.717) is 39.1 Å². The molecule has 9 nitrogen and oxygen atoms in total. The van der Waals surface area contributed by atoms with E-state index < -0.39 is 10.0 Å². The van der Waals surface area contributed by atoms with Crippen molar-refractivity contribution in [2.45, 2.75) is 17.7 Å². The van der Waals surface area contributed by atoms with Gasteiger partial charge in [0.05, 0.1) is 20.3 Å². The van der Waals surface area contributed by atoms with Crippen molar-refractivity contribution >= 4 is 21.8 Å². The molecule has 0 atom stereocenters. The Morgan fingerprint density at radius 2 is 1.79 bits per heavy atom. The molecule has 154 valence electrons. The second kappa shape index (κ2) is 8.46. The molecule has 1 aromatic rings. The summed E-state index contributed by atoms with van der Waals surface area (Å²) < 4.78 is 37.9. The van der Waals surface area contributed by atoms with Crippen molar-refractivity contribution in [1.29, 1.82) is 0 Å². The Labute approximate surface area is 164 Å². The summed E-state index contributed by atoms with van der Waals surface area (Å²) in [5, 5.41) is 0. The summed E-state index contributed by atoms with van der Waals surface area (Å²) in [6, 6.07) is 4.42. The van der Waals surface area contributed by atoms with Crippen LogP contribution in [-0.2, 0) is 19.6 Å². The van der Waals surface area contributed by atoms with E-state index >= 15 is 0 Å². The third-order valence-electron chi connectivity index (χ3n) is 5.18. The molecule has 2 saturated heterocycles. The highest BCUT2D eigenvalue weighted by atomic mass is 32.2. The highest BCUT2D eigenvalue weighted by Gasteiger charge is 2.31. The molecule has 3 rings (SSSR count). The van der Waals surface area contributed by atoms with Gasteiger partial charge in [-0.1, -0.05) is 0 Å². The smallest absolute Gasteiger partial charge is 0.253 e. The van der Waals surface area contributed by atoms with Gasteiger partial charge in [0.25, 0.3) is 5.91 Å². The molecule has 0 bridgehead atoms. The number of nitrogens with zero attached hydrogens (tertiary/aromatic N) is 2. The van der Waals surface area contributed by atoms with Gasteiger partial charge in [-0.3, -0.25) is 9.59 Å². The van der Waals surface area contributed by atoms with Gasteiger partial charge in [-0.25, -0.2) is 8.42 Å². The Hall–Kier alpha value is -2.17. The van der Waals surface area contributed by atoms with Gasteiger partial charge in [0.2, 0.25) is 15.9 Å². The predicted molar refractivity (Wildman–Crippen MR) is 100 cm³/mol. The predicted octanol–water partition coefficient (Wildman–Crippen LogP) is 0.0536. The van der Waals surface area contributed by atoms with E-state index in [-0.39, 0.29) is 47.0 Å². The molecule has 2 aliphatic rings. The van der Waals surface area contributed by atoms with Gasteiger partial charge < -0.3 is 20.1 Å². The molecule has 0 saturated carbocycles. The monoisotopic (exact) mass is 411 g/mol. The number of primary amides is 1. The number of amides is 2. The van der Waals surface area contributed by atoms with E-state index in [1.54, 1.807) is 11.0 Å². The molecule has 2 amide bonds. The number of benzene rings is 1. The molecule has 2 aliphatic heterocycles. The van der Waals surface area contributed by atoms with Crippen molar-refractivity contribution in [2.24, 2.45) is 11.7 Å². The maximum Gasteiger partial charge on any atom is 0.253 e. The number of sulfonamides is 1. The van der Waals surface area contributed by atoms with Gasteiger partial charge in [0.15, 0.2) is 0 Å². The number of carbonyl (C=O) groups is 2. The first-order chi connectivity index (χ1) is 13.3. The van der Waals surface area contributed by atoms with Gasteiger partial charge in [-0.15, -0.1) is 0 Å². The molecule has 28 heavy (non-hydrogen) atoms. The van der Waals surface area contributed by atoms with Crippen LogP contribution in [0.15, 0.2) is 23.1 Å². The molecule has 0 aliphatic carbocycles. The zero-order chi connectivity index (χ0) is 20.3. The van der Waals surface area contributed by atoms with E-state index in [1.807, 2.05) is 0 Å². The third kappa shape index (κ3) is 4.13. The van der Waals surface area contributed by atoms with Crippen LogP contribution in [0.5, 0.6) is 5.75 Å². The van der Waals surface area contributed by atoms with Crippen molar-refractivity contribution in [1.82, 2.24) is 9.21 Å². The van der Waals surface area contributed by atoms with Gasteiger partial charge in [0.1, 0.15) is 10.6 Å². The fourth-order valence-electron chi connectivity index (χ4n) is 3.49. The van der Waals surface area contributed by atoms with Crippen molar-refractivity contribution in [2.75, 3.05) is 46.5 Å². The fourth-order valence-corrected chi connectivity index (χ4v) is 5.08. The largest absolute Gasteiger partial charge is 0.495 e. The molecule has 1 aromatic carbocycles. The van der Waals surface area contributed by atoms with Crippen molar-refractivity contribution in [3.05, 3.63) is 23.8 Å². The van der Waals surface area contributed by atoms with Crippen LogP contribution in [0.4, 0.5) is 0 Å². The van der Waals surface area contributed by atoms with Crippen LogP contribution in [-0.4, -0.2) is 75.9 Å². The highest BCUT2D eigenvalue weighted by Crippen LogP contribution is 2.29. The minimum Gasteiger partial charge on any atom is -0.495 e. The molecule has 0 spiro atoms. The minimum atomic E-state index is -3.82.